The Hall–Kier alpha value is -3.11. The van der Waals surface area contributed by atoms with E-state index in [1.807, 2.05) is 0 Å². The average Bonchev–Trinajstić information content (AvgIpc) is 3.11. The van der Waals surface area contributed by atoms with Crippen molar-refractivity contribution in [1.82, 2.24) is 15.0 Å². The van der Waals surface area contributed by atoms with Gasteiger partial charge in [-0.2, -0.15) is 0 Å². The second-order valence-corrected chi connectivity index (χ2v) is 9.03. The van der Waals surface area contributed by atoms with E-state index in [2.05, 4.69) is 41.6 Å². The van der Waals surface area contributed by atoms with Gasteiger partial charge in [-0.3, -0.25) is 9.69 Å². The van der Waals surface area contributed by atoms with Crippen LogP contribution in [0.25, 0.3) is 0 Å². The molecular weight excluding hydrogens is 438 g/mol. The molecule has 186 valence electrons. The summed E-state index contributed by atoms with van der Waals surface area (Å²) in [7, 11) is 5.47. The lowest BCUT2D eigenvalue weighted by Crippen LogP contribution is -2.45. The highest BCUT2D eigenvalue weighted by atomic mass is 16.5. The molecule has 0 saturated carbocycles. The third-order valence-electron chi connectivity index (χ3n) is 6.29. The van der Waals surface area contributed by atoms with Crippen molar-refractivity contribution in [1.29, 1.82) is 0 Å². The quantitative estimate of drug-likeness (QED) is 0.703. The molecule has 2 N–H and O–H groups in total. The molecular formula is C24H35N5O5. The van der Waals surface area contributed by atoms with Gasteiger partial charge in [0.15, 0.2) is 5.76 Å². The van der Waals surface area contributed by atoms with E-state index in [1.54, 1.807) is 51.1 Å². The average molecular weight is 474 g/mol. The highest BCUT2D eigenvalue weighted by Gasteiger charge is 2.27. The number of rotatable bonds is 3. The number of hydrogen-bond acceptors (Lipinski definition) is 7. The molecule has 0 unspecified atom stereocenters. The van der Waals surface area contributed by atoms with Crippen LogP contribution >= 0.6 is 0 Å². The number of aryl methyl sites for hydroxylation is 2. The highest BCUT2D eigenvalue weighted by molar-refractivity contribution is 6.02. The predicted octanol–water partition coefficient (Wildman–Crippen LogP) is 3.37. The van der Waals surface area contributed by atoms with Gasteiger partial charge in [-0.15, -0.1) is 0 Å². The van der Waals surface area contributed by atoms with E-state index in [1.165, 1.54) is 0 Å². The third kappa shape index (κ3) is 5.87. The molecule has 10 nitrogen and oxygen atoms in total. The van der Waals surface area contributed by atoms with Crippen molar-refractivity contribution < 1.29 is 23.6 Å². The van der Waals surface area contributed by atoms with Crippen molar-refractivity contribution >= 4 is 23.3 Å². The molecule has 1 aliphatic heterocycles. The fourth-order valence-corrected chi connectivity index (χ4v) is 3.97. The summed E-state index contributed by atoms with van der Waals surface area (Å²) in [4.78, 5) is 29.8. The minimum Gasteiger partial charge on any atom is -0.491 e. The second-order valence-electron chi connectivity index (χ2n) is 9.03. The molecule has 3 rings (SSSR count). The highest BCUT2D eigenvalue weighted by Crippen LogP contribution is 2.27. The monoisotopic (exact) mass is 473 g/mol. The van der Waals surface area contributed by atoms with Gasteiger partial charge in [0, 0.05) is 39.0 Å². The zero-order valence-electron chi connectivity index (χ0n) is 21.0. The van der Waals surface area contributed by atoms with Crippen molar-refractivity contribution in [3.63, 3.8) is 0 Å². The van der Waals surface area contributed by atoms with E-state index < -0.39 is 6.03 Å². The van der Waals surface area contributed by atoms with Gasteiger partial charge >= 0.3 is 6.03 Å². The van der Waals surface area contributed by atoms with E-state index in [-0.39, 0.29) is 24.0 Å². The maximum Gasteiger partial charge on any atom is 0.323 e. The molecule has 1 aromatic heterocycles. The number of methoxy groups -OCH3 is 1. The summed E-state index contributed by atoms with van der Waals surface area (Å²) in [6, 6.07) is 4.72. The number of benzene rings is 1. The van der Waals surface area contributed by atoms with Gasteiger partial charge in [0.1, 0.15) is 23.7 Å². The number of fused-ring (bicyclic) bond motifs is 1. The number of urea groups is 1. The van der Waals surface area contributed by atoms with E-state index in [0.717, 1.165) is 6.54 Å². The Bertz CT molecular complexity index is 1000. The van der Waals surface area contributed by atoms with Crippen LogP contribution in [0.15, 0.2) is 22.7 Å². The van der Waals surface area contributed by atoms with Crippen LogP contribution in [0.2, 0.25) is 0 Å². The number of amides is 3. The summed E-state index contributed by atoms with van der Waals surface area (Å²) < 4.78 is 16.9. The Balaban J connectivity index is 1.86. The Morgan fingerprint density at radius 2 is 1.91 bits per heavy atom. The van der Waals surface area contributed by atoms with E-state index >= 15 is 0 Å². The molecule has 2 aromatic rings. The first-order valence-electron chi connectivity index (χ1n) is 11.4. The minimum absolute atomic E-state index is 0.116. The Morgan fingerprint density at radius 3 is 2.56 bits per heavy atom. The largest absolute Gasteiger partial charge is 0.491 e. The van der Waals surface area contributed by atoms with Gasteiger partial charge in [-0.05, 0) is 51.9 Å². The SMILES string of the molecule is CO[C@H]1CN(C)C(=O)c2cc(NC(=O)Nc3c(C)noc3C)ccc2OC[C@H](C)N(C)C[C@@H]1C. The molecule has 2 heterocycles. The maximum absolute atomic E-state index is 13.4. The van der Waals surface area contributed by atoms with Gasteiger partial charge in [0.05, 0.1) is 11.7 Å². The lowest BCUT2D eigenvalue weighted by atomic mass is 10.0. The third-order valence-corrected chi connectivity index (χ3v) is 6.29. The van der Waals surface area contributed by atoms with E-state index in [4.69, 9.17) is 14.0 Å². The number of hydrogen-bond donors (Lipinski definition) is 2. The molecule has 34 heavy (non-hydrogen) atoms. The second kappa shape index (κ2) is 10.9. The smallest absolute Gasteiger partial charge is 0.323 e. The summed E-state index contributed by atoms with van der Waals surface area (Å²) in [6.45, 7) is 9.34. The van der Waals surface area contributed by atoms with Gasteiger partial charge in [0.25, 0.3) is 5.91 Å². The summed E-state index contributed by atoms with van der Waals surface area (Å²) in [6.07, 6.45) is -0.116. The number of ether oxygens (including phenoxy) is 2. The van der Waals surface area contributed by atoms with Crippen molar-refractivity contribution in [3.05, 3.63) is 35.2 Å². The maximum atomic E-state index is 13.4. The molecule has 3 amide bonds. The molecule has 1 aromatic carbocycles. The fraction of sp³-hybridized carbons (Fsp3) is 0.542. The number of nitrogens with one attached hydrogen (secondary N) is 2. The zero-order valence-corrected chi connectivity index (χ0v) is 21.0. The summed E-state index contributed by atoms with van der Waals surface area (Å²) in [5, 5.41) is 9.34. The number of aromatic nitrogens is 1. The minimum atomic E-state index is -0.465. The number of anilines is 2. The van der Waals surface area contributed by atoms with E-state index in [0.29, 0.717) is 47.3 Å². The number of likely N-dealkylation sites (N-methyl/N-ethyl adjacent to an activating group) is 2. The van der Waals surface area contributed by atoms with Crippen LogP contribution < -0.4 is 15.4 Å². The van der Waals surface area contributed by atoms with Crippen LogP contribution in [-0.4, -0.2) is 79.9 Å². The Kier molecular flexibility index (Phi) is 8.16. The van der Waals surface area contributed by atoms with Gasteiger partial charge in [-0.25, -0.2) is 4.79 Å². The van der Waals surface area contributed by atoms with Gasteiger partial charge in [-0.1, -0.05) is 12.1 Å². The van der Waals surface area contributed by atoms with Gasteiger partial charge < -0.3 is 29.5 Å². The van der Waals surface area contributed by atoms with Crippen LogP contribution in [0, 0.1) is 19.8 Å². The lowest BCUT2D eigenvalue weighted by Gasteiger charge is -2.34. The van der Waals surface area contributed by atoms with Crippen molar-refractivity contribution in [2.45, 2.75) is 39.8 Å². The molecule has 1 aliphatic rings. The molecule has 0 bridgehead atoms. The van der Waals surface area contributed by atoms with Crippen molar-refractivity contribution in [2.24, 2.45) is 5.92 Å². The zero-order chi connectivity index (χ0) is 25.0. The van der Waals surface area contributed by atoms with Crippen molar-refractivity contribution in [2.75, 3.05) is 51.5 Å². The first-order chi connectivity index (χ1) is 16.1. The molecule has 3 atom stereocenters. The first-order valence-corrected chi connectivity index (χ1v) is 11.4. The topological polar surface area (TPSA) is 109 Å². The standard InChI is InChI=1S/C24H35N5O5/c1-14-11-28(5)15(2)13-33-20-9-8-18(10-19(20)23(30)29(6)12-21(14)32-7)25-24(31)26-22-16(3)27-34-17(22)4/h8-10,14-15,21H,11-13H2,1-7H3,(H2,25,26,31)/t14-,15-,21-/m0/s1. The van der Waals surface area contributed by atoms with E-state index in [9.17, 15) is 9.59 Å². The molecule has 0 fully saturated rings. The molecule has 0 radical (unpaired) electrons. The number of carbonyl (C=O) groups excluding carboxylic acids is 2. The predicted molar refractivity (Wildman–Crippen MR) is 130 cm³/mol. The summed E-state index contributed by atoms with van der Waals surface area (Å²) in [5.41, 5.74) is 1.93. The van der Waals surface area contributed by atoms with Gasteiger partial charge in [0.2, 0.25) is 0 Å². The first kappa shape index (κ1) is 25.5. The molecule has 10 heteroatoms. The Labute approximate surface area is 200 Å². The van der Waals surface area contributed by atoms with Crippen LogP contribution in [0.4, 0.5) is 16.2 Å². The number of carbonyl (C=O) groups is 2. The Morgan fingerprint density at radius 1 is 1.18 bits per heavy atom. The van der Waals surface area contributed by atoms with Crippen LogP contribution in [0.3, 0.4) is 0 Å². The number of nitrogens with zero attached hydrogens (tertiary/aromatic N) is 3. The lowest BCUT2D eigenvalue weighted by molar-refractivity contribution is 0.0150. The van der Waals surface area contributed by atoms with Crippen LogP contribution in [0.1, 0.15) is 35.7 Å². The summed E-state index contributed by atoms with van der Waals surface area (Å²) >= 11 is 0. The normalized spacial score (nSPS) is 22.3. The molecule has 0 spiro atoms. The van der Waals surface area contributed by atoms with Crippen molar-refractivity contribution in [3.8, 4) is 5.75 Å². The molecule has 0 aliphatic carbocycles. The fourth-order valence-electron chi connectivity index (χ4n) is 3.97. The summed E-state index contributed by atoms with van der Waals surface area (Å²) in [5.74, 6) is 0.987. The van der Waals surface area contributed by atoms with Crippen LogP contribution in [-0.2, 0) is 4.74 Å². The molecule has 0 saturated heterocycles. The van der Waals surface area contributed by atoms with Crippen LogP contribution in [0.5, 0.6) is 5.75 Å².